The van der Waals surface area contributed by atoms with Crippen LogP contribution in [0.5, 0.6) is 40.2 Å². The zero-order chi connectivity index (χ0) is 25.9. The van der Waals surface area contributed by atoms with Gasteiger partial charge in [-0.1, -0.05) is 36.4 Å². The molecule has 37 heavy (non-hydrogen) atoms. The fourth-order valence-corrected chi connectivity index (χ4v) is 5.16. The van der Waals surface area contributed by atoms with E-state index in [1.807, 2.05) is 0 Å². The molecule has 4 aromatic rings. The summed E-state index contributed by atoms with van der Waals surface area (Å²) in [6.45, 7) is 0. The first kappa shape index (κ1) is 22.4. The molecule has 0 bridgehead atoms. The summed E-state index contributed by atoms with van der Waals surface area (Å²) < 4.78 is 11.9. The second-order valence-corrected chi connectivity index (χ2v) is 8.96. The van der Waals surface area contributed by atoms with Gasteiger partial charge in [-0.3, -0.25) is 4.79 Å². The molecule has 2 heterocycles. The summed E-state index contributed by atoms with van der Waals surface area (Å²) >= 11 is 0. The van der Waals surface area contributed by atoms with Gasteiger partial charge in [-0.25, -0.2) is 0 Å². The molecule has 0 unspecified atom stereocenters. The summed E-state index contributed by atoms with van der Waals surface area (Å²) in [7, 11) is 0. The number of aromatic hydroxyl groups is 5. The number of carbonyl (C=O) groups is 1. The molecule has 8 nitrogen and oxygen atoms in total. The Hall–Kier alpha value is -5.11. The molecule has 5 N–H and O–H groups in total. The highest BCUT2D eigenvalue weighted by atomic mass is 16.6. The van der Waals surface area contributed by atoms with Gasteiger partial charge in [0.1, 0.15) is 46.4 Å². The monoisotopic (exact) mass is 496 g/mol. The van der Waals surface area contributed by atoms with Crippen LogP contribution < -0.4 is 9.47 Å². The fraction of sp³-hybridized carbons (Fsp3) is 0.0690. The van der Waals surface area contributed by atoms with Crippen molar-refractivity contribution in [3.63, 3.8) is 0 Å². The number of phenols is 5. The Morgan fingerprint density at radius 2 is 1.30 bits per heavy atom. The summed E-state index contributed by atoms with van der Waals surface area (Å²) in [6, 6.07) is 17.8. The number of phenolic OH excluding ortho intramolecular Hbond substituents is 5. The second kappa shape index (κ2) is 7.96. The van der Waals surface area contributed by atoms with E-state index < -0.39 is 17.5 Å². The van der Waals surface area contributed by atoms with Crippen molar-refractivity contribution in [1.29, 1.82) is 0 Å². The lowest BCUT2D eigenvalue weighted by Crippen LogP contribution is -2.40. The van der Waals surface area contributed by atoms with Crippen molar-refractivity contribution in [1.82, 2.24) is 0 Å². The molecule has 2 aliphatic heterocycles. The largest absolute Gasteiger partial charge is 0.508 e. The lowest BCUT2D eigenvalue weighted by Gasteiger charge is -2.29. The van der Waals surface area contributed by atoms with Crippen LogP contribution in [0.4, 0.5) is 0 Å². The Balaban J connectivity index is 1.63. The number of rotatable bonds is 3. The van der Waals surface area contributed by atoms with E-state index in [0.717, 1.165) is 11.6 Å². The summed E-state index contributed by atoms with van der Waals surface area (Å²) in [5, 5.41) is 51.0. The third-order valence-corrected chi connectivity index (χ3v) is 6.68. The highest BCUT2D eigenvalue weighted by Crippen LogP contribution is 2.63. The van der Waals surface area contributed by atoms with Crippen molar-refractivity contribution in [3.8, 4) is 40.2 Å². The van der Waals surface area contributed by atoms with Crippen molar-refractivity contribution in [3.05, 3.63) is 101 Å². The van der Waals surface area contributed by atoms with Crippen LogP contribution in [0.25, 0.3) is 12.2 Å². The van der Waals surface area contributed by atoms with Gasteiger partial charge >= 0.3 is 5.97 Å². The van der Waals surface area contributed by atoms with Crippen LogP contribution in [-0.2, 0) is 10.2 Å². The third-order valence-electron chi connectivity index (χ3n) is 6.68. The molecule has 6 rings (SSSR count). The van der Waals surface area contributed by atoms with Gasteiger partial charge in [0.05, 0.1) is 5.56 Å². The Kier molecular flexibility index (Phi) is 4.81. The van der Waals surface area contributed by atoms with E-state index in [2.05, 4.69) is 0 Å². The Morgan fingerprint density at radius 1 is 0.676 bits per heavy atom. The number of esters is 1. The summed E-state index contributed by atoms with van der Waals surface area (Å²) in [5.41, 5.74) is 0.489. The predicted octanol–water partition coefficient (Wildman–Crippen LogP) is 4.72. The van der Waals surface area contributed by atoms with Crippen molar-refractivity contribution < 1.29 is 39.8 Å². The van der Waals surface area contributed by atoms with Gasteiger partial charge < -0.3 is 35.0 Å². The summed E-state index contributed by atoms with van der Waals surface area (Å²) in [4.78, 5) is 13.8. The van der Waals surface area contributed by atoms with E-state index in [9.17, 15) is 30.3 Å². The summed E-state index contributed by atoms with van der Waals surface area (Å²) in [5.74, 6) is -1.14. The molecule has 0 fully saturated rings. The quantitative estimate of drug-likeness (QED) is 0.156. The molecule has 1 spiro atoms. The predicted molar refractivity (Wildman–Crippen MR) is 133 cm³/mol. The average molecular weight is 496 g/mol. The van der Waals surface area contributed by atoms with Gasteiger partial charge in [0.2, 0.25) is 0 Å². The molecule has 0 amide bonds. The van der Waals surface area contributed by atoms with Crippen LogP contribution >= 0.6 is 0 Å². The molecular formula is C29H20O8. The van der Waals surface area contributed by atoms with E-state index in [0.29, 0.717) is 16.7 Å². The van der Waals surface area contributed by atoms with Crippen LogP contribution in [0.2, 0.25) is 0 Å². The average Bonchev–Trinajstić information content (AvgIpc) is 3.34. The van der Waals surface area contributed by atoms with Crippen molar-refractivity contribution in [2.24, 2.45) is 0 Å². The normalized spacial score (nSPS) is 19.6. The molecule has 184 valence electrons. The highest BCUT2D eigenvalue weighted by molar-refractivity contribution is 6.00. The van der Waals surface area contributed by atoms with Crippen LogP contribution in [0.1, 0.15) is 33.9 Å². The number of hydrogen-bond acceptors (Lipinski definition) is 8. The number of ether oxygens (including phenoxy) is 2. The smallest absolute Gasteiger partial charge is 0.331 e. The zero-order valence-electron chi connectivity index (χ0n) is 19.1. The van der Waals surface area contributed by atoms with E-state index in [4.69, 9.17) is 9.47 Å². The molecule has 8 heteroatoms. The highest BCUT2D eigenvalue weighted by Gasteiger charge is 2.64. The summed E-state index contributed by atoms with van der Waals surface area (Å²) in [6.07, 6.45) is 2.40. The molecule has 0 saturated carbocycles. The first-order valence-corrected chi connectivity index (χ1v) is 11.4. The molecule has 0 aliphatic carbocycles. The van der Waals surface area contributed by atoms with Gasteiger partial charge in [0.15, 0.2) is 5.41 Å². The van der Waals surface area contributed by atoms with E-state index in [1.165, 1.54) is 42.5 Å². The maximum absolute atomic E-state index is 13.8. The Labute approximate surface area is 210 Å². The first-order valence-electron chi connectivity index (χ1n) is 11.4. The van der Waals surface area contributed by atoms with E-state index in [1.54, 1.807) is 36.4 Å². The lowest BCUT2D eigenvalue weighted by molar-refractivity contribution is -0.139. The molecule has 0 saturated heterocycles. The zero-order valence-corrected chi connectivity index (χ0v) is 19.1. The van der Waals surface area contributed by atoms with Crippen molar-refractivity contribution in [2.75, 3.05) is 0 Å². The van der Waals surface area contributed by atoms with Crippen LogP contribution in [0.15, 0.2) is 72.8 Å². The fourth-order valence-electron chi connectivity index (χ4n) is 5.16. The SMILES string of the molecule is O=C1Oc2cc(O)cc(/C=C/c3ccc(O)cc3)c2[C@]12c1c(O)cc(O)cc1O[C@H]2c1ccc(O)cc1. The topological polar surface area (TPSA) is 137 Å². The molecule has 2 aliphatic rings. The minimum Gasteiger partial charge on any atom is -0.508 e. The minimum atomic E-state index is -1.69. The first-order chi connectivity index (χ1) is 17.8. The number of hydrogen-bond donors (Lipinski definition) is 5. The van der Waals surface area contributed by atoms with Crippen molar-refractivity contribution in [2.45, 2.75) is 11.5 Å². The number of benzene rings is 4. The number of carbonyl (C=O) groups excluding carboxylic acids is 1. The van der Waals surface area contributed by atoms with Crippen LogP contribution in [0, 0.1) is 0 Å². The van der Waals surface area contributed by atoms with Crippen LogP contribution in [-0.4, -0.2) is 31.5 Å². The number of fused-ring (bicyclic) bond motifs is 4. The van der Waals surface area contributed by atoms with Crippen LogP contribution in [0.3, 0.4) is 0 Å². The maximum Gasteiger partial charge on any atom is 0.331 e. The lowest BCUT2D eigenvalue weighted by atomic mass is 9.68. The molecular weight excluding hydrogens is 476 g/mol. The van der Waals surface area contributed by atoms with E-state index >= 15 is 0 Å². The second-order valence-electron chi connectivity index (χ2n) is 8.96. The minimum absolute atomic E-state index is 0.0191. The van der Waals surface area contributed by atoms with Gasteiger partial charge in [0, 0.05) is 23.8 Å². The van der Waals surface area contributed by atoms with Gasteiger partial charge in [-0.2, -0.15) is 0 Å². The van der Waals surface area contributed by atoms with Crippen molar-refractivity contribution >= 4 is 18.1 Å². The Morgan fingerprint density at radius 3 is 2.00 bits per heavy atom. The Bertz CT molecular complexity index is 1590. The third kappa shape index (κ3) is 3.34. The van der Waals surface area contributed by atoms with Gasteiger partial charge in [-0.05, 0) is 47.0 Å². The standard InChI is InChI=1S/C29H20O8/c30-18-7-2-15(3-8-18)1-4-17-11-20(32)13-23-25(17)29(28(35)37-23)26-22(34)12-21(33)14-24(26)36-27(29)16-5-9-19(31)10-6-16/h1-14,27,30-34H/b4-1+/t27-,29+/m0/s1. The maximum atomic E-state index is 13.8. The van der Waals surface area contributed by atoms with Gasteiger partial charge in [0.25, 0.3) is 0 Å². The molecule has 0 radical (unpaired) electrons. The van der Waals surface area contributed by atoms with Gasteiger partial charge in [-0.15, -0.1) is 0 Å². The van der Waals surface area contributed by atoms with E-state index in [-0.39, 0.29) is 45.8 Å². The molecule has 4 aromatic carbocycles. The molecule has 2 atom stereocenters. The molecule has 0 aromatic heterocycles.